The van der Waals surface area contributed by atoms with Crippen molar-refractivity contribution >= 4 is 17.6 Å². The van der Waals surface area contributed by atoms with E-state index in [9.17, 15) is 0 Å². The smallest absolute Gasteiger partial charge is 0.213 e. The van der Waals surface area contributed by atoms with Crippen LogP contribution < -0.4 is 10.1 Å². The molecule has 0 bridgehead atoms. The molecule has 0 spiro atoms. The Morgan fingerprint density at radius 2 is 2.14 bits per heavy atom. The molecule has 2 aromatic heterocycles. The fourth-order valence-electron chi connectivity index (χ4n) is 2.21. The minimum atomic E-state index is 0.578. The summed E-state index contributed by atoms with van der Waals surface area (Å²) < 4.78 is 5.18. The molecule has 0 saturated carbocycles. The summed E-state index contributed by atoms with van der Waals surface area (Å²) in [5.74, 6) is 4.11. The van der Waals surface area contributed by atoms with Gasteiger partial charge in [0.15, 0.2) is 5.82 Å². The van der Waals surface area contributed by atoms with Gasteiger partial charge in [0.05, 0.1) is 12.8 Å². The molecule has 21 heavy (non-hydrogen) atoms. The summed E-state index contributed by atoms with van der Waals surface area (Å²) in [4.78, 5) is 13.8. The topological polar surface area (TPSA) is 59.9 Å². The fourth-order valence-corrected chi connectivity index (χ4v) is 3.25. The quantitative estimate of drug-likeness (QED) is 0.915. The molecule has 3 heterocycles. The van der Waals surface area contributed by atoms with Crippen molar-refractivity contribution in [3.8, 4) is 17.4 Å². The lowest BCUT2D eigenvalue weighted by atomic mass is 10.2. The molecule has 110 valence electrons. The predicted octanol–water partition coefficient (Wildman–Crippen LogP) is 3.12. The van der Waals surface area contributed by atoms with Crippen LogP contribution in [0.5, 0.6) is 5.88 Å². The van der Waals surface area contributed by atoms with Gasteiger partial charge in [0.2, 0.25) is 5.88 Å². The molecule has 6 heteroatoms. The van der Waals surface area contributed by atoms with Crippen molar-refractivity contribution in [2.75, 3.05) is 19.0 Å². The maximum absolute atomic E-state index is 5.18. The van der Waals surface area contributed by atoms with E-state index in [0.717, 1.165) is 41.7 Å². The molecule has 0 fully saturated rings. The van der Waals surface area contributed by atoms with Gasteiger partial charge in [0.1, 0.15) is 11.5 Å². The van der Waals surface area contributed by atoms with Crippen LogP contribution in [0.25, 0.3) is 11.5 Å². The molecular formula is C15H18N4OS. The fraction of sp³-hybridized carbons (Fsp3) is 0.400. The van der Waals surface area contributed by atoms with E-state index >= 15 is 0 Å². The monoisotopic (exact) mass is 302 g/mol. The lowest BCUT2D eigenvalue weighted by Gasteiger charge is -2.11. The molecule has 0 unspecified atom stereocenters. The van der Waals surface area contributed by atoms with E-state index in [1.165, 1.54) is 5.56 Å². The first-order valence-electron chi connectivity index (χ1n) is 7.04. The van der Waals surface area contributed by atoms with Gasteiger partial charge in [-0.1, -0.05) is 13.0 Å². The highest BCUT2D eigenvalue weighted by Gasteiger charge is 2.20. The van der Waals surface area contributed by atoms with E-state index in [-0.39, 0.29) is 0 Å². The average Bonchev–Trinajstić information content (AvgIpc) is 3.01. The van der Waals surface area contributed by atoms with Gasteiger partial charge in [-0.25, -0.2) is 15.0 Å². The zero-order valence-corrected chi connectivity index (χ0v) is 13.0. The van der Waals surface area contributed by atoms with Crippen LogP contribution in [0, 0.1) is 0 Å². The summed E-state index contributed by atoms with van der Waals surface area (Å²) in [6.07, 6.45) is 1.07. The molecule has 0 radical (unpaired) electrons. The number of fused-ring (bicyclic) bond motifs is 1. The average molecular weight is 302 g/mol. The molecule has 0 amide bonds. The number of nitrogens with one attached hydrogen (secondary N) is 1. The van der Waals surface area contributed by atoms with Crippen LogP contribution in [0.1, 0.15) is 24.6 Å². The van der Waals surface area contributed by atoms with Crippen LogP contribution in [0.3, 0.4) is 0 Å². The van der Waals surface area contributed by atoms with Crippen LogP contribution in [-0.2, 0) is 11.5 Å². The van der Waals surface area contributed by atoms with Crippen molar-refractivity contribution in [1.82, 2.24) is 15.0 Å². The van der Waals surface area contributed by atoms with E-state index in [1.54, 1.807) is 7.11 Å². The summed E-state index contributed by atoms with van der Waals surface area (Å²) in [6.45, 7) is 3.06. The van der Waals surface area contributed by atoms with Crippen LogP contribution in [0.15, 0.2) is 18.2 Å². The van der Waals surface area contributed by atoms with Crippen molar-refractivity contribution in [2.45, 2.75) is 24.9 Å². The van der Waals surface area contributed by atoms with Crippen LogP contribution in [0.2, 0.25) is 0 Å². The summed E-state index contributed by atoms with van der Waals surface area (Å²) in [7, 11) is 1.61. The highest BCUT2D eigenvalue weighted by Crippen LogP contribution is 2.34. The molecule has 3 rings (SSSR count). The second-order valence-electron chi connectivity index (χ2n) is 4.81. The Morgan fingerprint density at radius 3 is 2.95 bits per heavy atom. The highest BCUT2D eigenvalue weighted by atomic mass is 32.2. The standard InChI is InChI=1S/C15H18N4OS/c1-3-7-16-14-10-8-21-9-12(10)18-15(19-14)11-5-4-6-13(17-11)20-2/h4-6H,3,7-9H2,1-2H3,(H,16,18,19). The number of thioether (sulfide) groups is 1. The Bertz CT molecular complexity index is 648. The van der Waals surface area contributed by atoms with Crippen molar-refractivity contribution in [3.63, 3.8) is 0 Å². The predicted molar refractivity (Wildman–Crippen MR) is 85.6 cm³/mol. The van der Waals surface area contributed by atoms with Crippen molar-refractivity contribution < 1.29 is 4.74 Å². The Balaban J connectivity index is 2.02. The summed E-state index contributed by atoms with van der Waals surface area (Å²) in [5, 5.41) is 3.41. The highest BCUT2D eigenvalue weighted by molar-refractivity contribution is 7.98. The molecule has 1 N–H and O–H groups in total. The van der Waals surface area contributed by atoms with Crippen molar-refractivity contribution in [2.24, 2.45) is 0 Å². The van der Waals surface area contributed by atoms with E-state index in [2.05, 4.69) is 27.2 Å². The van der Waals surface area contributed by atoms with Crippen LogP contribution in [-0.4, -0.2) is 28.6 Å². The largest absolute Gasteiger partial charge is 0.481 e. The zero-order valence-electron chi connectivity index (χ0n) is 12.2. The number of ether oxygens (including phenoxy) is 1. The van der Waals surface area contributed by atoms with E-state index < -0.39 is 0 Å². The van der Waals surface area contributed by atoms with Gasteiger partial charge in [-0.15, -0.1) is 0 Å². The molecule has 1 aliphatic heterocycles. The molecule has 0 aliphatic carbocycles. The Kier molecular flexibility index (Phi) is 4.24. The minimum absolute atomic E-state index is 0.578. The number of hydrogen-bond donors (Lipinski definition) is 1. The van der Waals surface area contributed by atoms with E-state index in [1.807, 2.05) is 30.0 Å². The molecule has 1 aliphatic rings. The second kappa shape index (κ2) is 6.30. The number of anilines is 1. The first kappa shape index (κ1) is 14.1. The first-order chi connectivity index (χ1) is 10.3. The van der Waals surface area contributed by atoms with Crippen molar-refractivity contribution in [1.29, 1.82) is 0 Å². The molecule has 0 saturated heterocycles. The second-order valence-corrected chi connectivity index (χ2v) is 5.79. The molecule has 0 atom stereocenters. The zero-order chi connectivity index (χ0) is 14.7. The Hall–Kier alpha value is -1.82. The number of methoxy groups -OCH3 is 1. The lowest BCUT2D eigenvalue weighted by Crippen LogP contribution is -2.08. The third-order valence-corrected chi connectivity index (χ3v) is 4.25. The molecular weight excluding hydrogens is 284 g/mol. The maximum atomic E-state index is 5.18. The normalized spacial score (nSPS) is 13.0. The van der Waals surface area contributed by atoms with E-state index in [0.29, 0.717) is 11.7 Å². The summed E-state index contributed by atoms with van der Waals surface area (Å²) in [5.41, 5.74) is 3.10. The number of pyridine rings is 1. The summed E-state index contributed by atoms with van der Waals surface area (Å²) in [6, 6.07) is 5.64. The van der Waals surface area contributed by atoms with Crippen molar-refractivity contribution in [3.05, 3.63) is 29.5 Å². The van der Waals surface area contributed by atoms with Crippen LogP contribution in [0.4, 0.5) is 5.82 Å². The van der Waals surface area contributed by atoms with Gasteiger partial charge < -0.3 is 10.1 Å². The summed E-state index contributed by atoms with van der Waals surface area (Å²) >= 11 is 1.87. The van der Waals surface area contributed by atoms with Gasteiger partial charge in [-0.3, -0.25) is 0 Å². The number of hydrogen-bond acceptors (Lipinski definition) is 6. The third kappa shape index (κ3) is 2.95. The van der Waals surface area contributed by atoms with Gasteiger partial charge >= 0.3 is 0 Å². The molecule has 2 aromatic rings. The van der Waals surface area contributed by atoms with E-state index in [4.69, 9.17) is 4.74 Å². The Morgan fingerprint density at radius 1 is 1.24 bits per heavy atom. The first-order valence-corrected chi connectivity index (χ1v) is 8.20. The SMILES string of the molecule is CCCNc1nc(-c2cccc(OC)n2)nc2c1CSC2. The lowest BCUT2D eigenvalue weighted by molar-refractivity contribution is 0.398. The van der Waals surface area contributed by atoms with Gasteiger partial charge in [0.25, 0.3) is 0 Å². The Labute approximate surface area is 128 Å². The van der Waals surface area contributed by atoms with Gasteiger partial charge in [-0.05, 0) is 12.5 Å². The molecule has 5 nitrogen and oxygen atoms in total. The molecule has 0 aromatic carbocycles. The van der Waals surface area contributed by atoms with Gasteiger partial charge in [-0.2, -0.15) is 11.8 Å². The minimum Gasteiger partial charge on any atom is -0.481 e. The van der Waals surface area contributed by atoms with Gasteiger partial charge in [0, 0.05) is 29.7 Å². The maximum Gasteiger partial charge on any atom is 0.213 e. The number of aromatic nitrogens is 3. The number of rotatable bonds is 5. The van der Waals surface area contributed by atoms with Crippen LogP contribution >= 0.6 is 11.8 Å². The number of nitrogens with zero attached hydrogens (tertiary/aromatic N) is 3. The third-order valence-electron chi connectivity index (χ3n) is 3.28.